The Kier molecular flexibility index (Phi) is 10.3. The number of sulfonamides is 1. The monoisotopic (exact) mass is 775 g/mol. The second-order valence-electron chi connectivity index (χ2n) is 16.8. The number of hydrogen-bond acceptors (Lipinski definition) is 10. The third-order valence-corrected chi connectivity index (χ3v) is 15.5. The van der Waals surface area contributed by atoms with E-state index >= 15 is 0 Å². The molecule has 2 aliphatic heterocycles. The van der Waals surface area contributed by atoms with Crippen LogP contribution in [-0.4, -0.2) is 70.4 Å². The molecule has 54 heavy (non-hydrogen) atoms. The van der Waals surface area contributed by atoms with Crippen LogP contribution in [0.2, 0.25) is 0 Å². The number of aryl methyl sites for hydroxylation is 2. The van der Waals surface area contributed by atoms with Crippen LogP contribution in [0.15, 0.2) is 35.7 Å². The van der Waals surface area contributed by atoms with E-state index in [0.29, 0.717) is 37.1 Å². The van der Waals surface area contributed by atoms with E-state index in [1.807, 2.05) is 51.1 Å². The number of nitrogens with zero attached hydrogens (tertiary/aromatic N) is 3. The number of nitrogens with one attached hydrogen (secondary N) is 1. The molecule has 13 heteroatoms. The first-order chi connectivity index (χ1) is 25.5. The lowest BCUT2D eigenvalue weighted by molar-refractivity contribution is -0.140. The lowest BCUT2D eigenvalue weighted by Gasteiger charge is -2.29. The van der Waals surface area contributed by atoms with Crippen molar-refractivity contribution in [2.45, 2.75) is 128 Å². The fourth-order valence-electron chi connectivity index (χ4n) is 8.07. The second kappa shape index (κ2) is 14.4. The number of pyridine rings is 1. The molecule has 4 heterocycles. The van der Waals surface area contributed by atoms with Gasteiger partial charge in [0.05, 0.1) is 40.0 Å². The number of aromatic nitrogens is 2. The van der Waals surface area contributed by atoms with E-state index in [2.05, 4.69) is 23.9 Å². The highest BCUT2D eigenvalue weighted by Crippen LogP contribution is 2.58. The van der Waals surface area contributed by atoms with E-state index in [1.54, 1.807) is 11.8 Å². The number of fused-ring (bicyclic) bond motifs is 3. The molecule has 3 fully saturated rings. The Morgan fingerprint density at radius 1 is 1.13 bits per heavy atom. The van der Waals surface area contributed by atoms with Gasteiger partial charge < -0.3 is 15.4 Å². The Morgan fingerprint density at radius 2 is 1.89 bits per heavy atom. The number of carbonyl (C=O) groups excluding carboxylic acids is 3. The largest absolute Gasteiger partial charge is 0.487 e. The van der Waals surface area contributed by atoms with Crippen LogP contribution >= 0.6 is 11.3 Å². The average Bonchev–Trinajstić information content (AvgIpc) is 3.93. The van der Waals surface area contributed by atoms with Crippen molar-refractivity contribution in [3.8, 4) is 16.5 Å². The Balaban J connectivity index is 1.23. The van der Waals surface area contributed by atoms with Crippen LogP contribution in [0.4, 0.5) is 0 Å². The van der Waals surface area contributed by atoms with Crippen LogP contribution in [0.5, 0.6) is 5.75 Å². The zero-order chi connectivity index (χ0) is 38.7. The summed E-state index contributed by atoms with van der Waals surface area (Å²) in [5, 5.41) is 3.65. The van der Waals surface area contributed by atoms with Gasteiger partial charge >= 0.3 is 0 Å². The molecule has 1 saturated heterocycles. The highest BCUT2D eigenvalue weighted by molar-refractivity contribution is 7.91. The minimum Gasteiger partial charge on any atom is -0.487 e. The first-order valence-corrected chi connectivity index (χ1v) is 21.8. The first-order valence-electron chi connectivity index (χ1n) is 19.4. The van der Waals surface area contributed by atoms with E-state index in [-0.39, 0.29) is 36.5 Å². The molecule has 2 aliphatic carbocycles. The summed E-state index contributed by atoms with van der Waals surface area (Å²) in [6, 6.07) is 4.24. The molecule has 7 rings (SSSR count). The van der Waals surface area contributed by atoms with Crippen molar-refractivity contribution in [2.24, 2.45) is 23.0 Å². The van der Waals surface area contributed by atoms with Gasteiger partial charge in [-0.05, 0) is 88.3 Å². The highest BCUT2D eigenvalue weighted by atomic mass is 32.2. The van der Waals surface area contributed by atoms with Gasteiger partial charge in [-0.2, -0.15) is 0 Å². The summed E-state index contributed by atoms with van der Waals surface area (Å²) in [4.78, 5) is 54.2. The summed E-state index contributed by atoms with van der Waals surface area (Å²) in [5.41, 5.74) is 9.92. The summed E-state index contributed by atoms with van der Waals surface area (Å²) in [6.45, 7) is 12.0. The van der Waals surface area contributed by atoms with Crippen molar-refractivity contribution in [2.75, 3.05) is 6.54 Å². The van der Waals surface area contributed by atoms with Crippen molar-refractivity contribution in [1.82, 2.24) is 19.6 Å². The topological polar surface area (TPSA) is 162 Å². The fourth-order valence-corrected chi connectivity index (χ4v) is 10.3. The fraction of sp³-hybridized carbons (Fsp3) is 0.585. The number of thiazole rings is 1. The number of allylic oxidation sites excluding steroid dienone is 2. The standard InChI is InChI=1S/C41H53N5O6S2/c1-23(2)31-22-53-37(44-31)30-18-33(28-15-14-24(3)25(4)35(28)43-30)52-34-21-46-36(26(34)5)32(47)20-41(39(49)45-54(50,51)40(6)16-17-40)19-27(41)12-10-8-7-9-11-13-29(42)38(46)48/h10,12,14-15,18,22-23,26-27,29,34,36H,7-9,11,13,16-17,19-21,42H2,1-6H3,(H,45,49)/b12-10-/t26?,27-,29+,34+,36+,41-/m1/s1. The van der Waals surface area contributed by atoms with Crippen molar-refractivity contribution in [3.63, 3.8) is 0 Å². The van der Waals surface area contributed by atoms with Crippen molar-refractivity contribution in [1.29, 1.82) is 0 Å². The Labute approximate surface area is 322 Å². The van der Waals surface area contributed by atoms with Gasteiger partial charge in [0.2, 0.25) is 21.8 Å². The molecule has 1 aromatic carbocycles. The van der Waals surface area contributed by atoms with Crippen LogP contribution < -0.4 is 15.2 Å². The molecular formula is C41H53N5O6S2. The predicted molar refractivity (Wildman–Crippen MR) is 211 cm³/mol. The molecule has 0 radical (unpaired) electrons. The maximum absolute atomic E-state index is 14.6. The lowest BCUT2D eigenvalue weighted by atomic mass is 9.87. The molecule has 1 unspecified atom stereocenters. The molecule has 290 valence electrons. The normalized spacial score (nSPS) is 29.3. The first kappa shape index (κ1) is 38.6. The zero-order valence-corrected chi connectivity index (χ0v) is 33.8. The number of benzene rings is 1. The molecule has 3 aromatic rings. The minimum atomic E-state index is -3.91. The molecular weight excluding hydrogens is 723 g/mol. The number of amides is 2. The van der Waals surface area contributed by atoms with Crippen molar-refractivity contribution < 1.29 is 27.5 Å². The number of hydrogen-bond donors (Lipinski definition) is 2. The van der Waals surface area contributed by atoms with Gasteiger partial charge in [-0.15, -0.1) is 11.3 Å². The van der Waals surface area contributed by atoms with Crippen LogP contribution in [-0.2, 0) is 24.4 Å². The molecule has 11 nitrogen and oxygen atoms in total. The van der Waals surface area contributed by atoms with Crippen LogP contribution in [0, 0.1) is 31.1 Å². The summed E-state index contributed by atoms with van der Waals surface area (Å²) in [6.07, 6.45) is 8.41. The van der Waals surface area contributed by atoms with Gasteiger partial charge in [0.15, 0.2) is 5.78 Å². The molecule has 3 N–H and O–H groups in total. The Morgan fingerprint density at radius 3 is 2.59 bits per heavy atom. The highest BCUT2D eigenvalue weighted by Gasteiger charge is 2.63. The van der Waals surface area contributed by atoms with Gasteiger partial charge in [-0.3, -0.25) is 19.1 Å². The van der Waals surface area contributed by atoms with Crippen LogP contribution in [0.3, 0.4) is 0 Å². The Bertz CT molecular complexity index is 2120. The quantitative estimate of drug-likeness (QED) is 0.255. The maximum Gasteiger partial charge on any atom is 0.240 e. The number of nitrogens with two attached hydrogens (primary N) is 1. The van der Waals surface area contributed by atoms with E-state index in [1.165, 1.54) is 11.3 Å². The number of rotatable bonds is 7. The lowest BCUT2D eigenvalue weighted by Crippen LogP contribution is -2.51. The van der Waals surface area contributed by atoms with Crippen molar-refractivity contribution in [3.05, 3.63) is 52.6 Å². The van der Waals surface area contributed by atoms with Gasteiger partial charge in [0.25, 0.3) is 0 Å². The Hall–Kier alpha value is -3.68. The predicted octanol–water partition coefficient (Wildman–Crippen LogP) is 6.50. The third kappa shape index (κ3) is 7.11. The number of ether oxygens (including phenoxy) is 1. The number of carbonyl (C=O) groups is 3. The zero-order valence-electron chi connectivity index (χ0n) is 32.2. The number of ketones is 1. The van der Waals surface area contributed by atoms with E-state index in [9.17, 15) is 22.8 Å². The van der Waals surface area contributed by atoms with Gasteiger partial charge in [0, 0.05) is 29.2 Å². The second-order valence-corrected chi connectivity index (χ2v) is 19.8. The molecule has 2 aromatic heterocycles. The molecule has 0 spiro atoms. The maximum atomic E-state index is 14.6. The van der Waals surface area contributed by atoms with E-state index in [0.717, 1.165) is 58.4 Å². The molecule has 6 atom stereocenters. The SMILES string of the molecule is Cc1ccc2c(O[C@H]3CN4C(=O)[C@@H](N)CCCCC/C=C\[C@@H]5C[C@@]5(C(=O)NS(=O)(=O)C5(C)CC5)CC(=O)[C@@H]4C3C)cc(-c3nc(C(C)C)cs3)nc2c1C. The van der Waals surface area contributed by atoms with E-state index < -0.39 is 50.2 Å². The molecule has 4 aliphatic rings. The van der Waals surface area contributed by atoms with Gasteiger partial charge in [-0.25, -0.2) is 18.4 Å². The van der Waals surface area contributed by atoms with Crippen LogP contribution in [0.25, 0.3) is 21.6 Å². The van der Waals surface area contributed by atoms with E-state index in [4.69, 9.17) is 20.4 Å². The van der Waals surface area contributed by atoms with Gasteiger partial charge in [0.1, 0.15) is 22.6 Å². The van der Waals surface area contributed by atoms with Crippen LogP contribution in [0.1, 0.15) is 108 Å². The number of Topliss-reactive ketones (excluding diaryl/α,β-unsaturated/α-hetero) is 1. The molecule has 2 amide bonds. The summed E-state index contributed by atoms with van der Waals surface area (Å²) < 4.78 is 34.7. The minimum absolute atomic E-state index is 0.137. The third-order valence-electron chi connectivity index (χ3n) is 12.5. The summed E-state index contributed by atoms with van der Waals surface area (Å²) >= 11 is 1.53. The summed E-state index contributed by atoms with van der Waals surface area (Å²) in [5.74, 6) is -1.13. The van der Waals surface area contributed by atoms with Gasteiger partial charge in [-0.1, -0.05) is 51.8 Å². The average molecular weight is 776 g/mol. The summed E-state index contributed by atoms with van der Waals surface area (Å²) in [7, 11) is -3.91. The molecule has 2 saturated carbocycles. The molecule has 0 bridgehead atoms. The smallest absolute Gasteiger partial charge is 0.240 e. The van der Waals surface area contributed by atoms with Crippen molar-refractivity contribution >= 4 is 49.9 Å².